The molecule has 0 saturated heterocycles. The smallest absolute Gasteiger partial charge is 0.176 e. The van der Waals surface area contributed by atoms with Gasteiger partial charge < -0.3 is 14.7 Å². The Morgan fingerprint density at radius 1 is 1.17 bits per heavy atom. The largest absolute Gasteiger partial charge is 0.497 e. The van der Waals surface area contributed by atoms with Gasteiger partial charge in [-0.25, -0.2) is 9.02 Å². The fourth-order valence-electron chi connectivity index (χ4n) is 2.62. The zero-order valence-corrected chi connectivity index (χ0v) is 17.4. The maximum atomic E-state index is 13.4. The van der Waals surface area contributed by atoms with Crippen molar-refractivity contribution in [3.8, 4) is 11.5 Å². The van der Waals surface area contributed by atoms with Gasteiger partial charge in [-0.2, -0.15) is 0 Å². The molecule has 0 atom stereocenters. The summed E-state index contributed by atoms with van der Waals surface area (Å²) in [5, 5.41) is 20.1. The minimum atomic E-state index is -0.410. The second kappa shape index (κ2) is 9.97. The topological polar surface area (TPSA) is 107 Å². The summed E-state index contributed by atoms with van der Waals surface area (Å²) >= 11 is 3.11. The zero-order valence-electron chi connectivity index (χ0n) is 15.8. The number of carbonyl (C=O) groups excluding carboxylic acids is 1. The van der Waals surface area contributed by atoms with Crippen LogP contribution in [0.4, 0.5) is 4.39 Å². The van der Waals surface area contributed by atoms with Crippen molar-refractivity contribution in [3.05, 3.63) is 69.7 Å². The van der Waals surface area contributed by atoms with Crippen LogP contribution in [0.1, 0.15) is 17.0 Å². The van der Waals surface area contributed by atoms with E-state index < -0.39 is 5.82 Å². The number of hydrogen-bond donors (Lipinski definition) is 1. The van der Waals surface area contributed by atoms with Gasteiger partial charge >= 0.3 is 0 Å². The molecule has 0 aliphatic heterocycles. The number of hydrogen-bond acceptors (Lipinski definition) is 8. The molecule has 1 aromatic heterocycles. The Morgan fingerprint density at radius 3 is 2.57 bits per heavy atom. The fourth-order valence-corrected chi connectivity index (χ4v) is 3.05. The molecule has 3 rings (SSSR count). The molecule has 0 bridgehead atoms. The Balaban J connectivity index is 1.64. The molecule has 30 heavy (non-hydrogen) atoms. The lowest BCUT2D eigenvalue weighted by atomic mass is 10.0. The first kappa shape index (κ1) is 21.4. The van der Waals surface area contributed by atoms with Gasteiger partial charge in [-0.05, 0) is 63.0 Å². The molecule has 156 valence electrons. The van der Waals surface area contributed by atoms with E-state index in [0.29, 0.717) is 17.1 Å². The van der Waals surface area contributed by atoms with Crippen LogP contribution in [0.3, 0.4) is 0 Å². The maximum absolute atomic E-state index is 13.4. The minimum Gasteiger partial charge on any atom is -0.497 e. The summed E-state index contributed by atoms with van der Waals surface area (Å²) in [4.78, 5) is 12.3. The quantitative estimate of drug-likeness (QED) is 0.285. The van der Waals surface area contributed by atoms with Gasteiger partial charge in [0, 0.05) is 6.42 Å². The zero-order chi connectivity index (χ0) is 21.5. The molecule has 0 radical (unpaired) electrons. The molecule has 8 nitrogen and oxygen atoms in total. The molecule has 0 aliphatic rings. The Bertz CT molecular complexity index is 1050. The summed E-state index contributed by atoms with van der Waals surface area (Å²) in [7, 11) is 1.56. The van der Waals surface area contributed by atoms with E-state index in [1.165, 1.54) is 6.07 Å². The third-order valence-corrected chi connectivity index (χ3v) is 4.74. The molecule has 0 fully saturated rings. The standard InChI is InChI=1S/C20H17BrFN3O5/c1-28-14-3-5-15(6-4-14)29-11-13(26)10-19-20(25-30-24-19)18(23-27)9-12-2-7-17(22)16(21)8-12/h2-8,27H,9-11H2,1H3. The van der Waals surface area contributed by atoms with Gasteiger partial charge in [0.05, 0.1) is 18.0 Å². The van der Waals surface area contributed by atoms with Crippen LogP contribution in [0, 0.1) is 5.82 Å². The van der Waals surface area contributed by atoms with E-state index in [0.717, 1.165) is 0 Å². The van der Waals surface area contributed by atoms with Crippen LogP contribution >= 0.6 is 15.9 Å². The molecular formula is C20H17BrFN3O5. The Labute approximate surface area is 179 Å². The SMILES string of the molecule is COc1ccc(OCC(=O)Cc2nonc2C(Cc2ccc(F)c(Br)c2)=NO)cc1. The van der Waals surface area contributed by atoms with Gasteiger partial charge in [-0.3, -0.25) is 4.79 Å². The van der Waals surface area contributed by atoms with Crippen molar-refractivity contribution in [2.45, 2.75) is 12.8 Å². The van der Waals surface area contributed by atoms with Crippen LogP contribution in [0.2, 0.25) is 0 Å². The Kier molecular flexibility index (Phi) is 7.12. The van der Waals surface area contributed by atoms with E-state index >= 15 is 0 Å². The predicted octanol–water partition coefficient (Wildman–Crippen LogP) is 3.59. The van der Waals surface area contributed by atoms with Crippen molar-refractivity contribution in [3.63, 3.8) is 0 Å². The number of ether oxygens (including phenoxy) is 2. The molecule has 0 aliphatic carbocycles. The van der Waals surface area contributed by atoms with Crippen LogP contribution < -0.4 is 9.47 Å². The van der Waals surface area contributed by atoms with Gasteiger partial charge in [0.25, 0.3) is 0 Å². The molecule has 0 saturated carbocycles. The van der Waals surface area contributed by atoms with Crippen molar-refractivity contribution >= 4 is 27.4 Å². The van der Waals surface area contributed by atoms with E-state index in [2.05, 4.69) is 31.4 Å². The third-order valence-electron chi connectivity index (χ3n) is 4.13. The summed E-state index contributed by atoms with van der Waals surface area (Å²) in [5.74, 6) is 0.509. The highest BCUT2D eigenvalue weighted by molar-refractivity contribution is 9.10. The van der Waals surface area contributed by atoms with E-state index in [1.807, 2.05) is 0 Å². The van der Waals surface area contributed by atoms with Crippen LogP contribution in [-0.2, 0) is 17.6 Å². The monoisotopic (exact) mass is 477 g/mol. The first-order chi connectivity index (χ1) is 14.5. The summed E-state index contributed by atoms with van der Waals surface area (Å²) < 4.78 is 28.9. The number of carbonyl (C=O) groups is 1. The first-order valence-electron chi connectivity index (χ1n) is 8.75. The van der Waals surface area contributed by atoms with Gasteiger partial charge in [0.2, 0.25) is 0 Å². The highest BCUT2D eigenvalue weighted by Crippen LogP contribution is 2.19. The summed E-state index contributed by atoms with van der Waals surface area (Å²) in [5.41, 5.74) is 1.16. The van der Waals surface area contributed by atoms with E-state index in [9.17, 15) is 14.4 Å². The van der Waals surface area contributed by atoms with Crippen molar-refractivity contribution in [1.29, 1.82) is 0 Å². The Hall–Kier alpha value is -3.27. The van der Waals surface area contributed by atoms with Gasteiger partial charge in [-0.1, -0.05) is 16.4 Å². The molecule has 10 heteroatoms. The normalized spacial score (nSPS) is 11.4. The minimum absolute atomic E-state index is 0.124. The average Bonchev–Trinajstić information content (AvgIpc) is 3.21. The number of nitrogens with zero attached hydrogens (tertiary/aromatic N) is 3. The fraction of sp³-hybridized carbons (Fsp3) is 0.200. The average molecular weight is 478 g/mol. The molecule has 1 heterocycles. The highest BCUT2D eigenvalue weighted by atomic mass is 79.9. The van der Waals surface area contributed by atoms with Crippen LogP contribution in [0.5, 0.6) is 11.5 Å². The molecule has 3 aromatic rings. The van der Waals surface area contributed by atoms with Crippen molar-refractivity contribution < 1.29 is 28.5 Å². The summed E-state index contributed by atoms with van der Waals surface area (Å²) in [6.07, 6.45) is 0.00819. The van der Waals surface area contributed by atoms with E-state index in [-0.39, 0.29) is 46.8 Å². The molecular weight excluding hydrogens is 461 g/mol. The number of methoxy groups -OCH3 is 1. The van der Waals surface area contributed by atoms with E-state index in [1.54, 1.807) is 43.5 Å². The number of oxime groups is 1. The molecule has 0 amide bonds. The lowest BCUT2D eigenvalue weighted by Crippen LogP contribution is -2.17. The van der Waals surface area contributed by atoms with Crippen LogP contribution in [0.15, 0.2) is 56.7 Å². The summed E-state index contributed by atoms with van der Waals surface area (Å²) in [6.45, 7) is -0.185. The number of ketones is 1. The number of rotatable bonds is 9. The van der Waals surface area contributed by atoms with Crippen molar-refractivity contribution in [1.82, 2.24) is 10.3 Å². The van der Waals surface area contributed by atoms with Crippen LogP contribution in [0.25, 0.3) is 0 Å². The predicted molar refractivity (Wildman–Crippen MR) is 108 cm³/mol. The molecule has 1 N–H and O–H groups in total. The van der Waals surface area contributed by atoms with Crippen LogP contribution in [-0.4, -0.2) is 40.7 Å². The second-order valence-electron chi connectivity index (χ2n) is 6.21. The maximum Gasteiger partial charge on any atom is 0.176 e. The number of Topliss-reactive ketones (excluding diaryl/α,β-unsaturated/α-hetero) is 1. The highest BCUT2D eigenvalue weighted by Gasteiger charge is 2.20. The lowest BCUT2D eigenvalue weighted by Gasteiger charge is -2.07. The molecule has 0 unspecified atom stereocenters. The van der Waals surface area contributed by atoms with Crippen molar-refractivity contribution in [2.24, 2.45) is 5.16 Å². The molecule has 0 spiro atoms. The number of benzene rings is 2. The van der Waals surface area contributed by atoms with Crippen molar-refractivity contribution in [2.75, 3.05) is 13.7 Å². The summed E-state index contributed by atoms with van der Waals surface area (Å²) in [6, 6.07) is 11.2. The van der Waals surface area contributed by atoms with Gasteiger partial charge in [0.1, 0.15) is 35.3 Å². The lowest BCUT2D eigenvalue weighted by molar-refractivity contribution is -0.120. The second-order valence-corrected chi connectivity index (χ2v) is 7.07. The number of aromatic nitrogens is 2. The first-order valence-corrected chi connectivity index (χ1v) is 9.54. The van der Waals surface area contributed by atoms with E-state index in [4.69, 9.17) is 14.1 Å². The number of halogens is 2. The van der Waals surface area contributed by atoms with Gasteiger partial charge in [-0.15, -0.1) is 0 Å². The third kappa shape index (κ3) is 5.41. The molecule has 2 aromatic carbocycles. The van der Waals surface area contributed by atoms with Gasteiger partial charge in [0.15, 0.2) is 11.5 Å². The Morgan fingerprint density at radius 2 is 1.90 bits per heavy atom.